The zero-order valence-corrected chi connectivity index (χ0v) is 7.83. The van der Waals surface area contributed by atoms with Gasteiger partial charge in [-0.15, -0.1) is 0 Å². The molecule has 0 saturated carbocycles. The van der Waals surface area contributed by atoms with Gasteiger partial charge in [0.25, 0.3) is 5.69 Å². The van der Waals surface area contributed by atoms with Crippen LogP contribution >= 0.6 is 25.0 Å². The Morgan fingerprint density at radius 2 is 1.70 bits per heavy atom. The van der Waals surface area contributed by atoms with Crippen molar-refractivity contribution in [3.63, 3.8) is 0 Å². The molecular formula is H5NO5P2S2. The van der Waals surface area contributed by atoms with E-state index in [0.29, 0.717) is 0 Å². The first-order valence-electron chi connectivity index (χ1n) is 1.78. The van der Waals surface area contributed by atoms with E-state index >= 15 is 0 Å². The van der Waals surface area contributed by atoms with Gasteiger partial charge in [0.2, 0.25) is 0 Å². The van der Waals surface area contributed by atoms with E-state index in [1.54, 1.807) is 0 Å². The second-order valence-corrected chi connectivity index (χ2v) is 8.50. The minimum atomic E-state index is -4.41. The topological polar surface area (TPSA) is 110 Å². The van der Waals surface area contributed by atoms with E-state index in [9.17, 15) is 4.57 Å². The van der Waals surface area contributed by atoms with Crippen LogP contribution < -0.4 is 4.49 Å². The second-order valence-electron chi connectivity index (χ2n) is 1.22. The molecule has 6 nitrogen and oxygen atoms in total. The summed E-state index contributed by atoms with van der Waals surface area (Å²) in [5.74, 6) is 0. The highest BCUT2D eigenvalue weighted by molar-refractivity contribution is 8.67. The average molecular weight is 225 g/mol. The third kappa shape index (κ3) is 9.03. The lowest BCUT2D eigenvalue weighted by Crippen LogP contribution is -1.97. The third-order valence-corrected chi connectivity index (χ3v) is 3.91. The van der Waals surface area contributed by atoms with Crippen LogP contribution in [0.1, 0.15) is 0 Å². The van der Waals surface area contributed by atoms with Crippen molar-refractivity contribution in [2.75, 3.05) is 0 Å². The Balaban J connectivity index is 3.79. The zero-order valence-electron chi connectivity index (χ0n) is 4.41. The van der Waals surface area contributed by atoms with E-state index in [1.807, 2.05) is 0 Å². The molecule has 0 aromatic rings. The van der Waals surface area contributed by atoms with Gasteiger partial charge in [0.05, 0.1) is 0 Å². The molecule has 0 fully saturated rings. The number of rotatable bonds is 3. The SMILES string of the molecule is O=P(O)(O)NSP(O)(O)=S. The van der Waals surface area contributed by atoms with Crippen LogP contribution in [0.2, 0.25) is 0 Å². The van der Waals surface area contributed by atoms with Crippen LogP contribution in [0.15, 0.2) is 0 Å². The van der Waals surface area contributed by atoms with Gasteiger partial charge in [-0.05, 0) is 11.8 Å². The van der Waals surface area contributed by atoms with E-state index < -0.39 is 13.4 Å². The minimum Gasteiger partial charge on any atom is -0.337 e. The van der Waals surface area contributed by atoms with Gasteiger partial charge in [-0.3, -0.25) is 0 Å². The van der Waals surface area contributed by atoms with E-state index in [2.05, 4.69) is 11.8 Å². The second kappa shape index (κ2) is 3.62. The summed E-state index contributed by atoms with van der Waals surface area (Å²) in [6, 6.07) is 0. The molecule has 0 aromatic carbocycles. The van der Waals surface area contributed by atoms with Crippen LogP contribution in [0.5, 0.6) is 0 Å². The quantitative estimate of drug-likeness (QED) is 0.324. The molecule has 10 heavy (non-hydrogen) atoms. The van der Waals surface area contributed by atoms with Gasteiger partial charge >= 0.3 is 7.75 Å². The molecule has 0 bridgehead atoms. The molecule has 10 heteroatoms. The molecule has 0 rings (SSSR count). The van der Waals surface area contributed by atoms with E-state index in [-0.39, 0.29) is 11.6 Å². The van der Waals surface area contributed by atoms with Crippen molar-refractivity contribution in [2.24, 2.45) is 0 Å². The smallest absolute Gasteiger partial charge is 0.337 e. The molecular weight excluding hydrogens is 220 g/mol. The first-order chi connectivity index (χ1) is 4.21. The van der Waals surface area contributed by atoms with E-state index in [4.69, 9.17) is 19.6 Å². The summed E-state index contributed by atoms with van der Waals surface area (Å²) in [7, 11) is -4.41. The minimum absolute atomic E-state index is 0.0644. The zero-order chi connectivity index (χ0) is 8.41. The first kappa shape index (κ1) is 11.0. The van der Waals surface area contributed by atoms with Gasteiger partial charge in [0.15, 0.2) is 0 Å². The summed E-state index contributed by atoms with van der Waals surface area (Å²) in [6.07, 6.45) is 0. The standard InChI is InChI=1S/H5NO5P2S2/c2-7(3,4)1-10-8(5,6)9/h(H2,5,6,9)(H3,1,2,3,4). The van der Waals surface area contributed by atoms with Crippen molar-refractivity contribution in [1.29, 1.82) is 0 Å². The van der Waals surface area contributed by atoms with Gasteiger partial charge in [-0.2, -0.15) is 4.49 Å². The molecule has 0 aromatic heterocycles. The predicted octanol–water partition coefficient (Wildman–Crippen LogP) is -0.474. The Labute approximate surface area is 65.9 Å². The van der Waals surface area contributed by atoms with E-state index in [0.717, 1.165) is 0 Å². The predicted molar refractivity (Wildman–Crippen MR) is 41.5 cm³/mol. The lowest BCUT2D eigenvalue weighted by atomic mass is 13.9. The van der Waals surface area contributed by atoms with Gasteiger partial charge in [0, 0.05) is 11.6 Å². The molecule has 5 N–H and O–H groups in total. The maximum Gasteiger partial charge on any atom is 0.410 e. The molecule has 0 saturated heterocycles. The Morgan fingerprint density at radius 1 is 1.30 bits per heavy atom. The summed E-state index contributed by atoms with van der Waals surface area (Å²) < 4.78 is 11.5. The Kier molecular flexibility index (Phi) is 3.99. The fourth-order valence-electron chi connectivity index (χ4n) is 0.106. The molecule has 0 radical (unpaired) electrons. The maximum atomic E-state index is 9.99. The fourth-order valence-corrected chi connectivity index (χ4v) is 3.77. The fraction of sp³-hybridized carbons (Fsp3) is 0. The molecule has 0 aliphatic carbocycles. The normalized spacial score (nSPS) is 13.6. The third-order valence-electron chi connectivity index (χ3n) is 0.279. The summed E-state index contributed by atoms with van der Waals surface area (Å²) in [5.41, 5.74) is -3.62. The summed E-state index contributed by atoms with van der Waals surface area (Å²) >= 11 is 4.10. The molecule has 62 valence electrons. The number of nitrogens with one attached hydrogen (secondary N) is 1. The maximum absolute atomic E-state index is 9.99. The largest absolute Gasteiger partial charge is 0.410 e. The molecule has 0 atom stereocenters. The summed E-state index contributed by atoms with van der Waals surface area (Å²) in [6.45, 7) is 0. The van der Waals surface area contributed by atoms with Gasteiger partial charge < -0.3 is 19.6 Å². The Hall–Kier alpha value is 1.03. The molecule has 0 aliphatic heterocycles. The van der Waals surface area contributed by atoms with Gasteiger partial charge in [-0.1, -0.05) is 0 Å². The van der Waals surface area contributed by atoms with Crippen molar-refractivity contribution in [3.05, 3.63) is 0 Å². The van der Waals surface area contributed by atoms with Crippen LogP contribution in [0.25, 0.3) is 0 Å². The lowest BCUT2D eigenvalue weighted by Gasteiger charge is -2.07. The highest BCUT2D eigenvalue weighted by atomic mass is 32.9. The van der Waals surface area contributed by atoms with Gasteiger partial charge in [0.1, 0.15) is 0 Å². The highest BCUT2D eigenvalue weighted by Gasteiger charge is 2.17. The van der Waals surface area contributed by atoms with Gasteiger partial charge in [-0.25, -0.2) is 4.57 Å². The van der Waals surface area contributed by atoms with Crippen molar-refractivity contribution in [3.8, 4) is 0 Å². The van der Waals surface area contributed by atoms with Crippen LogP contribution in [0.4, 0.5) is 0 Å². The lowest BCUT2D eigenvalue weighted by molar-refractivity contribution is 0.370. The molecule has 0 amide bonds. The first-order valence-corrected chi connectivity index (χ1v) is 7.52. The van der Waals surface area contributed by atoms with Crippen LogP contribution in [-0.4, -0.2) is 19.6 Å². The molecule has 0 unspecified atom stereocenters. The molecule has 0 aliphatic rings. The van der Waals surface area contributed by atoms with Crippen LogP contribution in [0, 0.1) is 0 Å². The highest BCUT2D eigenvalue weighted by Crippen LogP contribution is 2.52. The average Bonchev–Trinajstić information content (AvgIpc) is 1.57. The summed E-state index contributed by atoms with van der Waals surface area (Å²) in [5, 5.41) is 0. The van der Waals surface area contributed by atoms with Crippen LogP contribution in [-0.2, 0) is 16.4 Å². The number of hydrogen-bond donors (Lipinski definition) is 5. The monoisotopic (exact) mass is 225 g/mol. The van der Waals surface area contributed by atoms with Crippen molar-refractivity contribution in [1.82, 2.24) is 4.49 Å². The van der Waals surface area contributed by atoms with E-state index in [1.165, 1.54) is 4.49 Å². The van der Waals surface area contributed by atoms with Crippen molar-refractivity contribution >= 4 is 36.8 Å². The summed E-state index contributed by atoms with van der Waals surface area (Å²) in [4.78, 5) is 33.1. The Bertz CT molecular complexity index is 168. The van der Waals surface area contributed by atoms with Crippen molar-refractivity contribution < 1.29 is 24.1 Å². The van der Waals surface area contributed by atoms with Crippen LogP contribution in [0.3, 0.4) is 0 Å². The number of hydrogen-bond acceptors (Lipinski definition) is 3. The Morgan fingerprint density at radius 3 is 1.80 bits per heavy atom. The molecule has 0 spiro atoms. The van der Waals surface area contributed by atoms with Crippen molar-refractivity contribution in [2.45, 2.75) is 0 Å². The molecule has 0 heterocycles.